The zero-order valence-electron chi connectivity index (χ0n) is 21.4. The van der Waals surface area contributed by atoms with E-state index in [9.17, 15) is 18.0 Å². The Morgan fingerprint density at radius 2 is 1.77 bits per heavy atom. The summed E-state index contributed by atoms with van der Waals surface area (Å²) in [6, 6.07) is 20.7. The van der Waals surface area contributed by atoms with E-state index in [2.05, 4.69) is 4.72 Å². The van der Waals surface area contributed by atoms with Gasteiger partial charge >= 0.3 is 12.1 Å². The van der Waals surface area contributed by atoms with Gasteiger partial charge in [-0.1, -0.05) is 29.8 Å². The van der Waals surface area contributed by atoms with Crippen LogP contribution < -0.4 is 14.4 Å². The van der Waals surface area contributed by atoms with E-state index in [4.69, 9.17) is 19.5 Å². The van der Waals surface area contributed by atoms with Crippen LogP contribution in [-0.2, 0) is 30.7 Å². The van der Waals surface area contributed by atoms with E-state index >= 15 is 0 Å². The molecule has 39 heavy (non-hydrogen) atoms. The lowest BCUT2D eigenvalue weighted by atomic mass is 10.1. The fraction of sp³-hybridized carbons (Fsp3) is 0.250. The Morgan fingerprint density at radius 1 is 1.10 bits per heavy atom. The summed E-state index contributed by atoms with van der Waals surface area (Å²) in [5.41, 5.74) is 2.72. The van der Waals surface area contributed by atoms with Crippen LogP contribution in [0.4, 0.5) is 10.5 Å². The molecule has 0 saturated carbocycles. The number of carbonyl (C=O) groups is 2. The molecule has 0 bridgehead atoms. The number of aryl methyl sites for hydroxylation is 1. The molecule has 1 heterocycles. The number of sulfonamides is 1. The predicted molar refractivity (Wildman–Crippen MR) is 142 cm³/mol. The lowest BCUT2D eigenvalue weighted by Crippen LogP contribution is -2.42. The number of esters is 1. The normalized spacial score (nSPS) is 15.8. The van der Waals surface area contributed by atoms with Gasteiger partial charge in [-0.2, -0.15) is 9.98 Å². The highest BCUT2D eigenvalue weighted by Gasteiger charge is 2.33. The average molecular weight is 550 g/mol. The molecule has 1 N–H and O–H groups in total. The number of nitrogens with zero attached hydrogens (tertiary/aromatic N) is 2. The van der Waals surface area contributed by atoms with Crippen LogP contribution in [0.15, 0.2) is 77.7 Å². The summed E-state index contributed by atoms with van der Waals surface area (Å²) in [6.07, 6.45) is -0.920. The van der Waals surface area contributed by atoms with Gasteiger partial charge in [0.1, 0.15) is 18.4 Å². The molecule has 0 aromatic heterocycles. The Hall–Kier alpha value is -4.40. The van der Waals surface area contributed by atoms with E-state index < -0.39 is 34.2 Å². The molecule has 10 nitrogen and oxygen atoms in total. The largest absolute Gasteiger partial charge is 0.490 e. The first-order valence-corrected chi connectivity index (χ1v) is 13.5. The van der Waals surface area contributed by atoms with Crippen LogP contribution in [-0.4, -0.2) is 52.9 Å². The summed E-state index contributed by atoms with van der Waals surface area (Å²) in [4.78, 5) is 26.2. The molecule has 202 valence electrons. The highest BCUT2D eigenvalue weighted by Crippen LogP contribution is 2.23. The molecule has 0 radical (unpaired) electrons. The minimum Gasteiger partial charge on any atom is -0.490 e. The Kier molecular flexibility index (Phi) is 8.49. The lowest BCUT2D eigenvalue weighted by Gasteiger charge is -2.17. The van der Waals surface area contributed by atoms with Gasteiger partial charge in [-0.25, -0.2) is 13.2 Å². The molecular formula is C28H27N3O7S. The van der Waals surface area contributed by atoms with Gasteiger partial charge in [0.2, 0.25) is 10.0 Å². The molecule has 1 aliphatic rings. The number of carbonyl (C=O) groups excluding carboxylic acids is 2. The first-order chi connectivity index (χ1) is 18.7. The third-order valence-corrected chi connectivity index (χ3v) is 7.58. The van der Waals surface area contributed by atoms with Gasteiger partial charge in [0.15, 0.2) is 6.10 Å². The summed E-state index contributed by atoms with van der Waals surface area (Å²) in [6.45, 7) is 2.27. The second kappa shape index (κ2) is 12.0. The monoisotopic (exact) mass is 549 g/mol. The van der Waals surface area contributed by atoms with E-state index in [-0.39, 0.29) is 17.9 Å². The number of amides is 1. The van der Waals surface area contributed by atoms with Gasteiger partial charge in [0.05, 0.1) is 30.2 Å². The Balaban J connectivity index is 1.34. The van der Waals surface area contributed by atoms with Crippen molar-refractivity contribution in [3.8, 4) is 11.8 Å². The number of nitrogens with one attached hydrogen (secondary N) is 1. The quantitative estimate of drug-likeness (QED) is 0.381. The molecule has 1 saturated heterocycles. The summed E-state index contributed by atoms with van der Waals surface area (Å²) < 4.78 is 44.0. The number of ether oxygens (including phenoxy) is 3. The van der Waals surface area contributed by atoms with Crippen molar-refractivity contribution in [2.24, 2.45) is 0 Å². The topological polar surface area (TPSA) is 135 Å². The number of nitriles is 1. The first-order valence-electron chi connectivity index (χ1n) is 12.1. The molecule has 1 aliphatic heterocycles. The van der Waals surface area contributed by atoms with Crippen molar-refractivity contribution in [2.45, 2.75) is 30.4 Å². The molecular weight excluding hydrogens is 522 g/mol. The summed E-state index contributed by atoms with van der Waals surface area (Å²) >= 11 is 0. The predicted octanol–water partition coefficient (Wildman–Crippen LogP) is 3.33. The molecule has 2 unspecified atom stereocenters. The zero-order chi connectivity index (χ0) is 28.0. The maximum atomic E-state index is 12.8. The number of methoxy groups -OCH3 is 1. The third kappa shape index (κ3) is 6.93. The van der Waals surface area contributed by atoms with Crippen LogP contribution in [0.2, 0.25) is 0 Å². The molecule has 0 spiro atoms. The fourth-order valence-electron chi connectivity index (χ4n) is 3.97. The van der Waals surface area contributed by atoms with Gasteiger partial charge in [0.25, 0.3) is 0 Å². The van der Waals surface area contributed by atoms with E-state index in [1.807, 2.05) is 13.0 Å². The van der Waals surface area contributed by atoms with E-state index in [1.54, 1.807) is 60.7 Å². The van der Waals surface area contributed by atoms with E-state index in [0.717, 1.165) is 5.56 Å². The summed E-state index contributed by atoms with van der Waals surface area (Å²) in [5.74, 6) is -0.192. The number of hydrogen-bond donors (Lipinski definition) is 1. The van der Waals surface area contributed by atoms with Crippen LogP contribution >= 0.6 is 0 Å². The maximum absolute atomic E-state index is 12.8. The molecule has 2 atom stereocenters. The van der Waals surface area contributed by atoms with Crippen LogP contribution in [0.1, 0.15) is 16.7 Å². The van der Waals surface area contributed by atoms with Crippen LogP contribution in [0, 0.1) is 18.3 Å². The van der Waals surface area contributed by atoms with Crippen molar-refractivity contribution in [2.75, 3.05) is 25.2 Å². The minimum absolute atomic E-state index is 0.0520. The van der Waals surface area contributed by atoms with Gasteiger partial charge < -0.3 is 14.2 Å². The average Bonchev–Trinajstić information content (AvgIpc) is 3.32. The SMILES string of the molecule is COC(=O)C(Cc1ccc(OCC2CN(c3ccc(C#N)cc3)C(=O)O2)cc1)NS(=O)(=O)c1ccc(C)cc1. The van der Waals surface area contributed by atoms with Gasteiger partial charge in [0, 0.05) is 5.69 Å². The smallest absolute Gasteiger partial charge is 0.414 e. The van der Waals surface area contributed by atoms with Crippen LogP contribution in [0.3, 0.4) is 0 Å². The van der Waals surface area contributed by atoms with Crippen molar-refractivity contribution >= 4 is 27.8 Å². The molecule has 11 heteroatoms. The molecule has 1 amide bonds. The maximum Gasteiger partial charge on any atom is 0.414 e. The van der Waals surface area contributed by atoms with Gasteiger partial charge in [-0.05, 0) is 67.4 Å². The number of anilines is 1. The highest BCUT2D eigenvalue weighted by molar-refractivity contribution is 7.89. The lowest BCUT2D eigenvalue weighted by molar-refractivity contribution is -0.142. The third-order valence-electron chi connectivity index (χ3n) is 6.10. The number of hydrogen-bond acceptors (Lipinski definition) is 8. The van der Waals surface area contributed by atoms with Gasteiger partial charge in [-0.15, -0.1) is 0 Å². The molecule has 1 fully saturated rings. The molecule has 0 aliphatic carbocycles. The van der Waals surface area contributed by atoms with Crippen LogP contribution in [0.25, 0.3) is 0 Å². The second-order valence-electron chi connectivity index (χ2n) is 8.94. The zero-order valence-corrected chi connectivity index (χ0v) is 22.2. The standard InChI is InChI=1S/C28H27N3O7S/c1-19-3-13-25(14-4-19)39(34,35)30-26(27(32)36-2)15-20-7-11-23(12-8-20)37-18-24-17-31(28(33)38-24)22-9-5-21(16-29)6-10-22/h3-14,24,26,30H,15,17-18H2,1-2H3. The molecule has 3 aromatic rings. The summed E-state index contributed by atoms with van der Waals surface area (Å²) in [7, 11) is -2.75. The summed E-state index contributed by atoms with van der Waals surface area (Å²) in [5, 5.41) is 8.94. The molecule has 3 aromatic carbocycles. The fourth-order valence-corrected chi connectivity index (χ4v) is 5.15. The van der Waals surface area contributed by atoms with Crippen LogP contribution in [0.5, 0.6) is 5.75 Å². The number of cyclic esters (lactones) is 1. The first kappa shape index (κ1) is 27.6. The Morgan fingerprint density at radius 3 is 2.38 bits per heavy atom. The number of benzene rings is 3. The van der Waals surface area contributed by atoms with E-state index in [1.165, 1.54) is 24.1 Å². The van der Waals surface area contributed by atoms with Crippen molar-refractivity contribution < 1.29 is 32.2 Å². The highest BCUT2D eigenvalue weighted by atomic mass is 32.2. The second-order valence-corrected chi connectivity index (χ2v) is 10.7. The van der Waals surface area contributed by atoms with Crippen molar-refractivity contribution in [1.29, 1.82) is 5.26 Å². The van der Waals surface area contributed by atoms with Crippen molar-refractivity contribution in [3.05, 3.63) is 89.5 Å². The minimum atomic E-state index is -3.95. The Bertz CT molecular complexity index is 1470. The number of rotatable bonds is 10. The van der Waals surface area contributed by atoms with Crippen molar-refractivity contribution in [3.63, 3.8) is 0 Å². The Labute approximate surface area is 226 Å². The van der Waals surface area contributed by atoms with Crippen molar-refractivity contribution in [1.82, 2.24) is 4.72 Å². The van der Waals surface area contributed by atoms with Gasteiger partial charge in [-0.3, -0.25) is 9.69 Å². The molecule has 4 rings (SSSR count). The van der Waals surface area contributed by atoms with E-state index in [0.29, 0.717) is 29.1 Å².